The fourth-order valence-electron chi connectivity index (χ4n) is 3.55. The van der Waals surface area contributed by atoms with Gasteiger partial charge < -0.3 is 10.7 Å². The molecule has 1 fully saturated rings. The average molecular weight is 322 g/mol. The van der Waals surface area contributed by atoms with Crippen LogP contribution >= 0.6 is 0 Å². The summed E-state index contributed by atoms with van der Waals surface area (Å²) in [6, 6.07) is 10.6. The molecule has 0 amide bonds. The smallest absolute Gasteiger partial charge is 0.307 e. The van der Waals surface area contributed by atoms with E-state index in [1.54, 1.807) is 0 Å². The Morgan fingerprint density at radius 2 is 2.08 bits per heavy atom. The van der Waals surface area contributed by atoms with Crippen molar-refractivity contribution >= 4 is 11.4 Å². The Bertz CT molecular complexity index is 850. The standard InChI is InChI=1S/C19H24N5/c1-22-9-7-19-23(10-11-24(19)22)14-15-2-4-17(5-3-15)18(20)12-16-6-8-21-13-16/h2-5,7,9-11,16,20-21H,6,8,12-14H2,1H3/q+1. The Kier molecular flexibility index (Phi) is 3.94. The second-order valence-electron chi connectivity index (χ2n) is 6.76. The van der Waals surface area contributed by atoms with E-state index in [2.05, 4.69) is 68.0 Å². The molecular formula is C19H24N5+. The Morgan fingerprint density at radius 1 is 1.25 bits per heavy atom. The highest BCUT2D eigenvalue weighted by atomic mass is 15.4. The number of aryl methyl sites for hydroxylation is 1. The van der Waals surface area contributed by atoms with Gasteiger partial charge in [-0.2, -0.15) is 0 Å². The van der Waals surface area contributed by atoms with Crippen molar-refractivity contribution in [2.24, 2.45) is 13.0 Å². The number of rotatable bonds is 5. The van der Waals surface area contributed by atoms with Gasteiger partial charge in [-0.1, -0.05) is 24.3 Å². The molecule has 2 aromatic heterocycles. The summed E-state index contributed by atoms with van der Waals surface area (Å²) in [6.07, 6.45) is 8.33. The molecule has 2 N–H and O–H groups in total. The molecule has 3 heterocycles. The van der Waals surface area contributed by atoms with Gasteiger partial charge in [-0.15, -0.1) is 4.52 Å². The minimum atomic E-state index is 0.625. The van der Waals surface area contributed by atoms with Crippen LogP contribution in [0.25, 0.3) is 5.65 Å². The van der Waals surface area contributed by atoms with Crippen molar-refractivity contribution in [3.05, 3.63) is 60.0 Å². The third-order valence-electron chi connectivity index (χ3n) is 5.01. The van der Waals surface area contributed by atoms with E-state index in [0.717, 1.165) is 37.3 Å². The Labute approximate surface area is 142 Å². The molecule has 5 heteroatoms. The third-order valence-corrected chi connectivity index (χ3v) is 5.01. The van der Waals surface area contributed by atoms with Gasteiger partial charge in [-0.25, -0.2) is 9.25 Å². The SMILES string of the molecule is Cn1ccc2n1cc[n+]2Cc1ccc(C(=N)CC2CCNC2)cc1. The van der Waals surface area contributed by atoms with Crippen LogP contribution in [0, 0.1) is 11.3 Å². The van der Waals surface area contributed by atoms with Gasteiger partial charge >= 0.3 is 5.65 Å². The van der Waals surface area contributed by atoms with E-state index in [0.29, 0.717) is 5.92 Å². The van der Waals surface area contributed by atoms with Crippen LogP contribution in [0.5, 0.6) is 0 Å². The van der Waals surface area contributed by atoms with Gasteiger partial charge in [0, 0.05) is 25.0 Å². The van der Waals surface area contributed by atoms with Crippen molar-refractivity contribution in [3.63, 3.8) is 0 Å². The average Bonchev–Trinajstić information content (AvgIpc) is 3.30. The molecule has 124 valence electrons. The molecule has 24 heavy (non-hydrogen) atoms. The maximum absolute atomic E-state index is 8.33. The first-order chi connectivity index (χ1) is 11.7. The van der Waals surface area contributed by atoms with Crippen molar-refractivity contribution in [1.29, 1.82) is 5.41 Å². The van der Waals surface area contributed by atoms with Crippen LogP contribution in [0.2, 0.25) is 0 Å². The summed E-state index contributed by atoms with van der Waals surface area (Å²) in [7, 11) is 2.04. The number of hydrogen-bond donors (Lipinski definition) is 2. The second-order valence-corrected chi connectivity index (χ2v) is 6.76. The first kappa shape index (κ1) is 15.1. The quantitative estimate of drug-likeness (QED) is 0.548. The first-order valence-corrected chi connectivity index (χ1v) is 8.60. The largest absolute Gasteiger partial charge is 0.316 e. The van der Waals surface area contributed by atoms with Crippen LogP contribution in [0.15, 0.2) is 48.9 Å². The predicted molar refractivity (Wildman–Crippen MR) is 94.5 cm³/mol. The van der Waals surface area contributed by atoms with Gasteiger partial charge in [0.25, 0.3) is 0 Å². The number of benzene rings is 1. The summed E-state index contributed by atoms with van der Waals surface area (Å²) in [4.78, 5) is 0. The van der Waals surface area contributed by atoms with Gasteiger partial charge in [0.15, 0.2) is 6.20 Å². The summed E-state index contributed by atoms with van der Waals surface area (Å²) < 4.78 is 6.43. The van der Waals surface area contributed by atoms with Crippen LogP contribution in [0.4, 0.5) is 0 Å². The number of aromatic nitrogens is 3. The van der Waals surface area contributed by atoms with Crippen LogP contribution in [-0.4, -0.2) is 28.0 Å². The Hall–Kier alpha value is -2.40. The Morgan fingerprint density at radius 3 is 2.83 bits per heavy atom. The van der Waals surface area contributed by atoms with Gasteiger partial charge in [-0.05, 0) is 43.0 Å². The first-order valence-electron chi connectivity index (χ1n) is 8.60. The van der Waals surface area contributed by atoms with Gasteiger partial charge in [-0.3, -0.25) is 0 Å². The van der Waals surface area contributed by atoms with Gasteiger partial charge in [0.05, 0.1) is 0 Å². The van der Waals surface area contributed by atoms with E-state index in [1.165, 1.54) is 17.6 Å². The number of nitrogens with one attached hydrogen (secondary N) is 2. The van der Waals surface area contributed by atoms with Crippen molar-refractivity contribution < 1.29 is 4.57 Å². The molecule has 1 atom stereocenters. The highest BCUT2D eigenvalue weighted by molar-refractivity contribution is 5.98. The molecule has 0 saturated carbocycles. The number of nitrogens with zero attached hydrogens (tertiary/aromatic N) is 3. The van der Waals surface area contributed by atoms with E-state index in [4.69, 9.17) is 5.41 Å². The Balaban J connectivity index is 1.46. The van der Waals surface area contributed by atoms with Crippen molar-refractivity contribution in [2.45, 2.75) is 19.4 Å². The van der Waals surface area contributed by atoms with Crippen molar-refractivity contribution in [2.75, 3.05) is 13.1 Å². The molecule has 5 nitrogen and oxygen atoms in total. The van der Waals surface area contributed by atoms with Crippen molar-refractivity contribution in [3.8, 4) is 0 Å². The molecule has 4 rings (SSSR count). The molecule has 0 radical (unpaired) electrons. The number of fused-ring (bicyclic) bond motifs is 1. The zero-order valence-corrected chi connectivity index (χ0v) is 14.1. The molecule has 1 unspecified atom stereocenters. The molecule has 3 aromatic rings. The molecule has 1 aliphatic heterocycles. The number of imidazole rings is 1. The lowest BCUT2D eigenvalue weighted by Crippen LogP contribution is -2.32. The summed E-state index contributed by atoms with van der Waals surface area (Å²) in [6.45, 7) is 3.00. The molecule has 1 aromatic carbocycles. The maximum Gasteiger partial charge on any atom is 0.307 e. The normalized spacial score (nSPS) is 17.6. The summed E-state index contributed by atoms with van der Waals surface area (Å²) in [5, 5.41) is 11.7. The van der Waals surface area contributed by atoms with Crippen LogP contribution in [-0.2, 0) is 13.6 Å². The minimum absolute atomic E-state index is 0.625. The molecular weight excluding hydrogens is 298 g/mol. The van der Waals surface area contributed by atoms with Crippen molar-refractivity contribution in [1.82, 2.24) is 14.5 Å². The lowest BCUT2D eigenvalue weighted by Gasteiger charge is -2.10. The van der Waals surface area contributed by atoms with E-state index in [9.17, 15) is 0 Å². The summed E-state index contributed by atoms with van der Waals surface area (Å²) in [5.74, 6) is 0.625. The molecule has 1 aliphatic rings. The number of hydrogen-bond acceptors (Lipinski definition) is 2. The van der Waals surface area contributed by atoms with Gasteiger partial charge in [0.1, 0.15) is 12.7 Å². The third kappa shape index (κ3) is 2.87. The fourth-order valence-corrected chi connectivity index (χ4v) is 3.55. The van der Waals surface area contributed by atoms with E-state index < -0.39 is 0 Å². The zero-order valence-electron chi connectivity index (χ0n) is 14.1. The van der Waals surface area contributed by atoms with Gasteiger partial charge in [0.2, 0.25) is 0 Å². The molecule has 0 aliphatic carbocycles. The highest BCUT2D eigenvalue weighted by Gasteiger charge is 2.17. The van der Waals surface area contributed by atoms with Crippen LogP contribution in [0.1, 0.15) is 24.0 Å². The summed E-state index contributed by atoms with van der Waals surface area (Å²) in [5.41, 5.74) is 4.26. The topological polar surface area (TPSA) is 49.1 Å². The summed E-state index contributed by atoms with van der Waals surface area (Å²) >= 11 is 0. The molecule has 0 bridgehead atoms. The highest BCUT2D eigenvalue weighted by Crippen LogP contribution is 2.16. The van der Waals surface area contributed by atoms with Crippen LogP contribution < -0.4 is 9.88 Å². The monoisotopic (exact) mass is 322 g/mol. The van der Waals surface area contributed by atoms with Crippen LogP contribution in [0.3, 0.4) is 0 Å². The van der Waals surface area contributed by atoms with E-state index in [-0.39, 0.29) is 0 Å². The maximum atomic E-state index is 8.33. The lowest BCUT2D eigenvalue weighted by atomic mass is 9.96. The minimum Gasteiger partial charge on any atom is -0.316 e. The lowest BCUT2D eigenvalue weighted by molar-refractivity contribution is -0.661. The zero-order chi connectivity index (χ0) is 16.5. The molecule has 0 spiro atoms. The fraction of sp³-hybridized carbons (Fsp3) is 0.368. The van der Waals surface area contributed by atoms with E-state index >= 15 is 0 Å². The second kappa shape index (κ2) is 6.24. The van der Waals surface area contributed by atoms with E-state index in [1.807, 2.05) is 7.05 Å². The predicted octanol–water partition coefficient (Wildman–Crippen LogP) is 1.98. The molecule has 1 saturated heterocycles.